The summed E-state index contributed by atoms with van der Waals surface area (Å²) in [6.07, 6.45) is 3.34. The highest BCUT2D eigenvalue weighted by molar-refractivity contribution is 5.95. The van der Waals surface area contributed by atoms with Gasteiger partial charge in [0.2, 0.25) is 12.3 Å². The fraction of sp³-hybridized carbons (Fsp3) is 0.286. The van der Waals surface area contributed by atoms with Gasteiger partial charge in [0, 0.05) is 10.9 Å². The molecule has 20 heavy (non-hydrogen) atoms. The molecule has 2 rings (SSSR count). The van der Waals surface area contributed by atoms with E-state index in [0.29, 0.717) is 24.2 Å². The molecule has 0 fully saturated rings. The van der Waals surface area contributed by atoms with Crippen LogP contribution in [0.4, 0.5) is 0 Å². The third-order valence-electron chi connectivity index (χ3n) is 3.18. The molecule has 0 aliphatic rings. The van der Waals surface area contributed by atoms with Crippen LogP contribution in [0.1, 0.15) is 31.2 Å². The maximum Gasteiger partial charge on any atom is 0.234 e. The second-order valence-corrected chi connectivity index (χ2v) is 4.43. The van der Waals surface area contributed by atoms with Crippen LogP contribution in [-0.4, -0.2) is 12.3 Å². The quantitative estimate of drug-likeness (QED) is 0.620. The molecule has 6 nitrogen and oxygen atoms in total. The minimum atomic E-state index is -0.445. The van der Waals surface area contributed by atoms with Gasteiger partial charge in [0.1, 0.15) is 11.3 Å². The molecule has 1 unspecified atom stereocenters. The smallest absolute Gasteiger partial charge is 0.234 e. The van der Waals surface area contributed by atoms with Crippen LogP contribution >= 0.6 is 0 Å². The van der Waals surface area contributed by atoms with E-state index < -0.39 is 5.92 Å². The van der Waals surface area contributed by atoms with Crippen LogP contribution in [0, 0.1) is 0 Å². The SMILES string of the molecule is CCCC(C(=O)NC=O)c1coc2ccc(ON)cc12. The maximum atomic E-state index is 12.0. The number of furan rings is 1. The lowest BCUT2D eigenvalue weighted by Crippen LogP contribution is -2.27. The van der Waals surface area contributed by atoms with Gasteiger partial charge in [0.05, 0.1) is 12.2 Å². The number of rotatable bonds is 6. The maximum absolute atomic E-state index is 12.0. The molecule has 0 aliphatic carbocycles. The molecule has 0 bridgehead atoms. The number of nitrogens with one attached hydrogen (secondary N) is 1. The lowest BCUT2D eigenvalue weighted by Gasteiger charge is -2.12. The van der Waals surface area contributed by atoms with Crippen molar-refractivity contribution in [1.82, 2.24) is 5.32 Å². The number of amides is 2. The van der Waals surface area contributed by atoms with Crippen molar-refractivity contribution >= 4 is 23.3 Å². The van der Waals surface area contributed by atoms with E-state index in [1.54, 1.807) is 18.2 Å². The van der Waals surface area contributed by atoms with Crippen molar-refractivity contribution in [3.8, 4) is 5.75 Å². The fourth-order valence-corrected chi connectivity index (χ4v) is 2.25. The van der Waals surface area contributed by atoms with Gasteiger partial charge >= 0.3 is 0 Å². The van der Waals surface area contributed by atoms with Crippen molar-refractivity contribution in [3.05, 3.63) is 30.0 Å². The first-order chi connectivity index (χ1) is 9.71. The molecule has 0 radical (unpaired) electrons. The number of imide groups is 1. The standard InChI is InChI=1S/C14H16N2O4/c1-2-3-10(14(18)16-8-17)12-7-19-13-5-4-9(20-15)6-11(12)13/h4-8,10H,2-3,15H2,1H3,(H,16,17,18). The van der Waals surface area contributed by atoms with Crippen LogP contribution < -0.4 is 16.1 Å². The normalized spacial score (nSPS) is 12.1. The highest BCUT2D eigenvalue weighted by Crippen LogP contribution is 2.32. The Morgan fingerprint density at radius 2 is 2.35 bits per heavy atom. The average Bonchev–Trinajstić information content (AvgIpc) is 2.87. The molecule has 0 saturated carbocycles. The highest BCUT2D eigenvalue weighted by atomic mass is 16.6. The zero-order valence-corrected chi connectivity index (χ0v) is 11.1. The van der Waals surface area contributed by atoms with Crippen LogP contribution in [0.25, 0.3) is 11.0 Å². The summed E-state index contributed by atoms with van der Waals surface area (Å²) in [7, 11) is 0. The van der Waals surface area contributed by atoms with E-state index in [4.69, 9.17) is 15.2 Å². The van der Waals surface area contributed by atoms with Crippen molar-refractivity contribution in [2.75, 3.05) is 0 Å². The molecule has 2 aromatic rings. The summed E-state index contributed by atoms with van der Waals surface area (Å²) < 4.78 is 5.44. The summed E-state index contributed by atoms with van der Waals surface area (Å²) in [5, 5.41) is 2.95. The molecule has 0 saturated heterocycles. The number of hydrogen-bond acceptors (Lipinski definition) is 5. The van der Waals surface area contributed by atoms with Crippen molar-refractivity contribution < 1.29 is 18.8 Å². The molecule has 2 amide bonds. The third kappa shape index (κ3) is 2.65. The lowest BCUT2D eigenvalue weighted by molar-refractivity contribution is -0.126. The predicted molar refractivity (Wildman–Crippen MR) is 72.9 cm³/mol. The van der Waals surface area contributed by atoms with Crippen LogP contribution in [0.5, 0.6) is 5.75 Å². The minimum Gasteiger partial charge on any atom is -0.464 e. The number of fused-ring (bicyclic) bond motifs is 1. The van der Waals surface area contributed by atoms with Gasteiger partial charge in [-0.2, -0.15) is 5.90 Å². The van der Waals surface area contributed by atoms with Crippen molar-refractivity contribution in [1.29, 1.82) is 0 Å². The molecule has 0 aliphatic heterocycles. The van der Waals surface area contributed by atoms with E-state index in [1.807, 2.05) is 6.92 Å². The topological polar surface area (TPSA) is 94.6 Å². The van der Waals surface area contributed by atoms with Crippen LogP contribution in [0.3, 0.4) is 0 Å². The molecule has 1 aromatic heterocycles. The number of hydrogen-bond donors (Lipinski definition) is 2. The van der Waals surface area contributed by atoms with Crippen LogP contribution in [-0.2, 0) is 9.59 Å². The zero-order valence-electron chi connectivity index (χ0n) is 11.1. The predicted octanol–water partition coefficient (Wildman–Crippen LogP) is 1.84. The van der Waals surface area contributed by atoms with Crippen molar-refractivity contribution in [2.24, 2.45) is 5.90 Å². The summed E-state index contributed by atoms with van der Waals surface area (Å²) in [6, 6.07) is 5.11. The zero-order chi connectivity index (χ0) is 14.5. The van der Waals surface area contributed by atoms with E-state index in [9.17, 15) is 9.59 Å². The summed E-state index contributed by atoms with van der Waals surface area (Å²) in [4.78, 5) is 27.2. The summed E-state index contributed by atoms with van der Waals surface area (Å²) >= 11 is 0. The number of carbonyl (C=O) groups is 2. The third-order valence-corrected chi connectivity index (χ3v) is 3.18. The second-order valence-electron chi connectivity index (χ2n) is 4.43. The second kappa shape index (κ2) is 6.21. The Morgan fingerprint density at radius 3 is 3.00 bits per heavy atom. The summed E-state index contributed by atoms with van der Waals surface area (Å²) in [5.41, 5.74) is 1.36. The van der Waals surface area contributed by atoms with E-state index in [2.05, 4.69) is 5.32 Å². The van der Waals surface area contributed by atoms with Gasteiger partial charge in [0.15, 0.2) is 0 Å². The number of benzene rings is 1. The Balaban J connectivity index is 2.46. The Kier molecular flexibility index (Phi) is 4.37. The van der Waals surface area contributed by atoms with Crippen molar-refractivity contribution in [3.63, 3.8) is 0 Å². The van der Waals surface area contributed by atoms with Crippen LogP contribution in [0.2, 0.25) is 0 Å². The Labute approximate surface area is 115 Å². The number of carbonyl (C=O) groups excluding carboxylic acids is 2. The van der Waals surface area contributed by atoms with Gasteiger partial charge < -0.3 is 9.25 Å². The van der Waals surface area contributed by atoms with E-state index in [1.165, 1.54) is 6.26 Å². The first-order valence-electron chi connectivity index (χ1n) is 6.33. The van der Waals surface area contributed by atoms with Gasteiger partial charge in [-0.05, 0) is 24.6 Å². The first-order valence-corrected chi connectivity index (χ1v) is 6.33. The van der Waals surface area contributed by atoms with Gasteiger partial charge in [-0.25, -0.2) is 0 Å². The van der Waals surface area contributed by atoms with Crippen LogP contribution in [0.15, 0.2) is 28.9 Å². The minimum absolute atomic E-state index is 0.344. The van der Waals surface area contributed by atoms with E-state index >= 15 is 0 Å². The average molecular weight is 276 g/mol. The molecule has 106 valence electrons. The van der Waals surface area contributed by atoms with Gasteiger partial charge in [-0.3, -0.25) is 14.9 Å². The lowest BCUT2D eigenvalue weighted by atomic mass is 9.93. The first kappa shape index (κ1) is 14.1. The molecule has 1 heterocycles. The number of nitrogens with two attached hydrogens (primary N) is 1. The largest absolute Gasteiger partial charge is 0.464 e. The van der Waals surface area contributed by atoms with E-state index in [-0.39, 0.29) is 5.91 Å². The van der Waals surface area contributed by atoms with E-state index in [0.717, 1.165) is 17.4 Å². The fourth-order valence-electron chi connectivity index (χ4n) is 2.25. The summed E-state index contributed by atoms with van der Waals surface area (Å²) in [5.74, 6) is 4.83. The Bertz CT molecular complexity index is 621. The Morgan fingerprint density at radius 1 is 1.55 bits per heavy atom. The van der Waals surface area contributed by atoms with Gasteiger partial charge in [-0.1, -0.05) is 13.3 Å². The van der Waals surface area contributed by atoms with Crippen molar-refractivity contribution in [2.45, 2.75) is 25.7 Å². The molecular weight excluding hydrogens is 260 g/mol. The molecule has 1 aromatic carbocycles. The Hall–Kier alpha value is -2.34. The molecule has 0 spiro atoms. The van der Waals surface area contributed by atoms with Gasteiger partial charge in [-0.15, -0.1) is 0 Å². The van der Waals surface area contributed by atoms with Gasteiger partial charge in [0.25, 0.3) is 0 Å². The molecule has 6 heteroatoms. The monoisotopic (exact) mass is 276 g/mol. The molecule has 1 atom stereocenters. The molecular formula is C14H16N2O4. The molecule has 3 N–H and O–H groups in total. The summed E-state index contributed by atoms with van der Waals surface area (Å²) in [6.45, 7) is 1.97. The highest BCUT2D eigenvalue weighted by Gasteiger charge is 2.23.